The van der Waals surface area contributed by atoms with Crippen LogP contribution in [-0.2, 0) is 9.53 Å². The number of halogens is 1. The van der Waals surface area contributed by atoms with Crippen LogP contribution in [0.4, 0.5) is 9.80 Å². The predicted octanol–water partition coefficient (Wildman–Crippen LogP) is 3.59. The van der Waals surface area contributed by atoms with Crippen LogP contribution < -0.4 is 5.32 Å². The zero-order valence-electron chi connectivity index (χ0n) is 13.1. The van der Waals surface area contributed by atoms with Crippen molar-refractivity contribution in [3.63, 3.8) is 0 Å². The highest BCUT2D eigenvalue weighted by Crippen LogP contribution is 2.38. The van der Waals surface area contributed by atoms with E-state index in [1.165, 1.54) is 18.5 Å². The molecule has 2 heterocycles. The summed E-state index contributed by atoms with van der Waals surface area (Å²) in [6.07, 6.45) is 0.546. The van der Waals surface area contributed by atoms with Crippen molar-refractivity contribution in [1.82, 2.24) is 9.27 Å². The number of carbonyl (C=O) groups is 2. The summed E-state index contributed by atoms with van der Waals surface area (Å²) in [5.41, 5.74) is 0.398. The fourth-order valence-corrected chi connectivity index (χ4v) is 3.91. The fourth-order valence-electron chi connectivity index (χ4n) is 2.26. The van der Waals surface area contributed by atoms with Gasteiger partial charge in [-0.25, -0.2) is 4.79 Å². The normalized spacial score (nSPS) is 18.4. The van der Waals surface area contributed by atoms with Crippen LogP contribution in [0.2, 0.25) is 0 Å². The molecule has 2 rings (SSSR count). The molecule has 8 heteroatoms. The maximum Gasteiger partial charge on any atom is 0.410 e. The molecule has 1 fully saturated rings. The fraction of sp³-hybridized carbons (Fsp3) is 0.643. The number of aromatic nitrogens is 1. The van der Waals surface area contributed by atoms with Crippen LogP contribution in [0.15, 0.2) is 4.47 Å². The predicted molar refractivity (Wildman–Crippen MR) is 89.3 cm³/mol. The maximum atomic E-state index is 12.1. The molecule has 6 nitrogen and oxygen atoms in total. The number of anilines is 1. The second-order valence-electron chi connectivity index (χ2n) is 6.30. The molecule has 2 amide bonds. The summed E-state index contributed by atoms with van der Waals surface area (Å²) in [6.45, 7) is 8.26. The van der Waals surface area contributed by atoms with Crippen LogP contribution in [0.25, 0.3) is 0 Å². The number of nitrogens with zero attached hydrogens (tertiary/aromatic N) is 2. The first-order chi connectivity index (χ1) is 10.2. The lowest BCUT2D eigenvalue weighted by Crippen LogP contribution is -2.35. The minimum absolute atomic E-state index is 0.127. The molecule has 0 aromatic carbocycles. The van der Waals surface area contributed by atoms with E-state index >= 15 is 0 Å². The number of rotatable bonds is 2. The third-order valence-electron chi connectivity index (χ3n) is 3.18. The van der Waals surface area contributed by atoms with E-state index in [1.54, 1.807) is 4.90 Å². The molecule has 1 atom stereocenters. The largest absolute Gasteiger partial charge is 0.444 e. The van der Waals surface area contributed by atoms with E-state index in [4.69, 9.17) is 4.74 Å². The van der Waals surface area contributed by atoms with E-state index in [-0.39, 0.29) is 17.9 Å². The molecular formula is C14H20BrN3O3S. The molecule has 1 N–H and O–H groups in total. The number of carbonyl (C=O) groups excluding carboxylic acids is 2. The van der Waals surface area contributed by atoms with Crippen molar-refractivity contribution in [3.05, 3.63) is 10.2 Å². The molecule has 1 aromatic rings. The number of hydrogen-bond acceptors (Lipinski definition) is 5. The molecule has 1 aromatic heterocycles. The van der Waals surface area contributed by atoms with Crippen LogP contribution in [-0.4, -0.2) is 40.0 Å². The number of ether oxygens (including phenoxy) is 1. The highest BCUT2D eigenvalue weighted by molar-refractivity contribution is 9.10. The van der Waals surface area contributed by atoms with Gasteiger partial charge in [-0.2, -0.15) is 4.37 Å². The first-order valence-corrected chi connectivity index (χ1v) is 8.64. The summed E-state index contributed by atoms with van der Waals surface area (Å²) in [7, 11) is 0. The average Bonchev–Trinajstić information content (AvgIpc) is 2.95. The van der Waals surface area contributed by atoms with Crippen molar-refractivity contribution in [2.75, 3.05) is 18.4 Å². The molecule has 0 unspecified atom stereocenters. The topological polar surface area (TPSA) is 71.5 Å². The van der Waals surface area contributed by atoms with Crippen molar-refractivity contribution >= 4 is 44.5 Å². The van der Waals surface area contributed by atoms with Crippen LogP contribution >= 0.6 is 27.5 Å². The van der Waals surface area contributed by atoms with Gasteiger partial charge in [0.15, 0.2) is 0 Å². The van der Waals surface area contributed by atoms with E-state index in [9.17, 15) is 9.59 Å². The van der Waals surface area contributed by atoms with Crippen LogP contribution in [0, 0.1) is 0 Å². The highest BCUT2D eigenvalue weighted by Gasteiger charge is 2.33. The quantitative estimate of drug-likeness (QED) is 0.838. The van der Waals surface area contributed by atoms with Crippen molar-refractivity contribution in [2.24, 2.45) is 0 Å². The average molecular weight is 390 g/mol. The smallest absolute Gasteiger partial charge is 0.410 e. The van der Waals surface area contributed by atoms with Crippen molar-refractivity contribution in [2.45, 2.75) is 45.6 Å². The Balaban J connectivity index is 2.03. The maximum absolute atomic E-state index is 12.1. The third-order valence-corrected chi connectivity index (χ3v) is 5.02. The summed E-state index contributed by atoms with van der Waals surface area (Å²) in [6, 6.07) is 0. The zero-order chi connectivity index (χ0) is 16.5. The molecule has 1 aliphatic heterocycles. The van der Waals surface area contributed by atoms with E-state index in [1.807, 2.05) is 20.8 Å². The summed E-state index contributed by atoms with van der Waals surface area (Å²) in [4.78, 5) is 24.9. The Morgan fingerprint density at radius 2 is 2.14 bits per heavy atom. The molecule has 1 aliphatic rings. The zero-order valence-corrected chi connectivity index (χ0v) is 15.5. The van der Waals surface area contributed by atoms with Crippen molar-refractivity contribution in [3.8, 4) is 0 Å². The first-order valence-electron chi connectivity index (χ1n) is 7.08. The lowest BCUT2D eigenvalue weighted by atomic mass is 10.1. The lowest BCUT2D eigenvalue weighted by molar-refractivity contribution is -0.114. The minimum Gasteiger partial charge on any atom is -0.444 e. The highest BCUT2D eigenvalue weighted by atomic mass is 79.9. The number of likely N-dealkylation sites (tertiary alicyclic amines) is 1. The van der Waals surface area contributed by atoms with E-state index in [2.05, 4.69) is 25.6 Å². The van der Waals surface area contributed by atoms with Crippen LogP contribution in [0.3, 0.4) is 0 Å². The van der Waals surface area contributed by atoms with E-state index in [0.717, 1.165) is 16.6 Å². The first kappa shape index (κ1) is 17.2. The van der Waals surface area contributed by atoms with Crippen LogP contribution in [0.1, 0.15) is 45.7 Å². The molecule has 0 spiro atoms. The van der Waals surface area contributed by atoms with Gasteiger partial charge in [-0.3, -0.25) is 4.79 Å². The third kappa shape index (κ3) is 4.19. The second kappa shape index (κ2) is 6.54. The molecule has 122 valence electrons. The Morgan fingerprint density at radius 3 is 2.73 bits per heavy atom. The van der Waals surface area contributed by atoms with Gasteiger partial charge in [-0.05, 0) is 54.7 Å². The Kier molecular flexibility index (Phi) is 5.11. The Bertz CT molecular complexity index is 582. The molecule has 0 saturated carbocycles. The standard InChI is InChI=1S/C14H20BrN3O3S/c1-8(19)16-12-10(15)11(17-22-12)9-5-6-18(7-9)13(20)21-14(2,3)4/h9H,5-7H2,1-4H3,(H,16,19)/t9-/m0/s1. The Morgan fingerprint density at radius 1 is 1.45 bits per heavy atom. The molecule has 1 saturated heterocycles. The second-order valence-corrected chi connectivity index (χ2v) is 7.87. The van der Waals surface area contributed by atoms with Gasteiger partial charge in [0.05, 0.1) is 10.2 Å². The van der Waals surface area contributed by atoms with Gasteiger partial charge in [-0.15, -0.1) is 0 Å². The van der Waals surface area contributed by atoms with Crippen LogP contribution in [0.5, 0.6) is 0 Å². The summed E-state index contributed by atoms with van der Waals surface area (Å²) >= 11 is 4.74. The Hall–Kier alpha value is -1.15. The molecular weight excluding hydrogens is 370 g/mol. The molecule has 0 radical (unpaired) electrons. The lowest BCUT2D eigenvalue weighted by Gasteiger charge is -2.24. The summed E-state index contributed by atoms with van der Waals surface area (Å²) in [5.74, 6) is 0.0263. The van der Waals surface area contributed by atoms with Crippen molar-refractivity contribution in [1.29, 1.82) is 0 Å². The summed E-state index contributed by atoms with van der Waals surface area (Å²) < 4.78 is 10.6. The Labute approximate surface area is 142 Å². The van der Waals surface area contributed by atoms with Gasteiger partial charge >= 0.3 is 6.09 Å². The van der Waals surface area contributed by atoms with Gasteiger partial charge in [0.1, 0.15) is 10.6 Å². The van der Waals surface area contributed by atoms with Gasteiger partial charge < -0.3 is 15.0 Å². The van der Waals surface area contributed by atoms with Gasteiger partial charge in [0, 0.05) is 25.9 Å². The van der Waals surface area contributed by atoms with E-state index < -0.39 is 5.60 Å². The monoisotopic (exact) mass is 389 g/mol. The molecule has 0 bridgehead atoms. The number of nitrogens with one attached hydrogen (secondary N) is 1. The van der Waals surface area contributed by atoms with E-state index in [0.29, 0.717) is 18.1 Å². The molecule has 0 aliphatic carbocycles. The SMILES string of the molecule is CC(=O)Nc1snc([C@H]2CCN(C(=O)OC(C)(C)C)C2)c1Br. The van der Waals surface area contributed by atoms with Gasteiger partial charge in [0.2, 0.25) is 5.91 Å². The number of amides is 2. The number of hydrogen-bond donors (Lipinski definition) is 1. The minimum atomic E-state index is -0.491. The van der Waals surface area contributed by atoms with Gasteiger partial charge in [-0.1, -0.05) is 0 Å². The van der Waals surface area contributed by atoms with Crippen molar-refractivity contribution < 1.29 is 14.3 Å². The molecule has 22 heavy (non-hydrogen) atoms. The summed E-state index contributed by atoms with van der Waals surface area (Å²) in [5, 5.41) is 3.45. The van der Waals surface area contributed by atoms with Gasteiger partial charge in [0.25, 0.3) is 0 Å².